The monoisotopic (exact) mass is 314 g/mol. The molecule has 1 aliphatic heterocycles. The van der Waals surface area contributed by atoms with Gasteiger partial charge in [-0.25, -0.2) is 0 Å². The second-order valence-electron chi connectivity index (χ2n) is 5.81. The Balaban J connectivity index is 0.00000200. The highest BCUT2D eigenvalue weighted by Gasteiger charge is 2.41. The summed E-state index contributed by atoms with van der Waals surface area (Å²) in [4.78, 5) is 12.0. The molecule has 1 unspecified atom stereocenters. The number of hydrogen-bond acceptors (Lipinski definition) is 2. The van der Waals surface area contributed by atoms with Crippen LogP contribution in [0.15, 0.2) is 0 Å². The zero-order valence-corrected chi connectivity index (χ0v) is 12.3. The molecular formula is C13H22ClF3N2O. The molecule has 2 fully saturated rings. The van der Waals surface area contributed by atoms with Gasteiger partial charge >= 0.3 is 6.18 Å². The van der Waals surface area contributed by atoms with E-state index in [9.17, 15) is 18.0 Å². The summed E-state index contributed by atoms with van der Waals surface area (Å²) in [5.41, 5.74) is 0. The molecule has 0 aromatic carbocycles. The summed E-state index contributed by atoms with van der Waals surface area (Å²) < 4.78 is 37.6. The van der Waals surface area contributed by atoms with Crippen LogP contribution in [0.3, 0.4) is 0 Å². The van der Waals surface area contributed by atoms with Crippen molar-refractivity contribution in [1.82, 2.24) is 10.6 Å². The van der Waals surface area contributed by atoms with E-state index in [2.05, 4.69) is 10.6 Å². The van der Waals surface area contributed by atoms with Crippen molar-refractivity contribution in [1.29, 1.82) is 0 Å². The Hall–Kier alpha value is -0.490. The number of carbonyl (C=O) groups is 1. The van der Waals surface area contributed by atoms with Crippen LogP contribution in [0.1, 0.15) is 32.6 Å². The van der Waals surface area contributed by atoms with Crippen molar-refractivity contribution in [2.24, 2.45) is 17.8 Å². The Morgan fingerprint density at radius 2 is 1.75 bits per heavy atom. The van der Waals surface area contributed by atoms with E-state index in [-0.39, 0.29) is 43.1 Å². The van der Waals surface area contributed by atoms with E-state index in [4.69, 9.17) is 0 Å². The number of amides is 1. The zero-order valence-electron chi connectivity index (χ0n) is 11.5. The van der Waals surface area contributed by atoms with Crippen molar-refractivity contribution < 1.29 is 18.0 Å². The molecule has 0 spiro atoms. The Morgan fingerprint density at radius 1 is 1.20 bits per heavy atom. The fraction of sp³-hybridized carbons (Fsp3) is 0.923. The maximum Gasteiger partial charge on any atom is 0.391 e. The number of rotatable bonds is 3. The van der Waals surface area contributed by atoms with Crippen LogP contribution in [0.2, 0.25) is 0 Å². The van der Waals surface area contributed by atoms with E-state index in [0.717, 1.165) is 13.1 Å². The third-order valence-electron chi connectivity index (χ3n) is 4.47. The highest BCUT2D eigenvalue weighted by atomic mass is 35.5. The molecular weight excluding hydrogens is 293 g/mol. The molecule has 1 heterocycles. The third kappa shape index (κ3) is 4.25. The minimum atomic E-state index is -4.08. The SMILES string of the molecule is CC(C(=O)NC1CCC(C(F)(F)F)CC1)C1CNC1.Cl. The van der Waals surface area contributed by atoms with Crippen LogP contribution in [-0.4, -0.2) is 31.2 Å². The lowest BCUT2D eigenvalue weighted by molar-refractivity contribution is -0.182. The normalized spacial score (nSPS) is 29.0. The van der Waals surface area contributed by atoms with Crippen LogP contribution in [0, 0.1) is 17.8 Å². The van der Waals surface area contributed by atoms with Crippen molar-refractivity contribution in [2.45, 2.75) is 44.8 Å². The number of halogens is 4. The quantitative estimate of drug-likeness (QED) is 0.840. The molecule has 1 saturated heterocycles. The van der Waals surface area contributed by atoms with E-state index in [0.29, 0.717) is 18.8 Å². The minimum absolute atomic E-state index is 0. The van der Waals surface area contributed by atoms with Crippen LogP contribution in [0.5, 0.6) is 0 Å². The molecule has 1 atom stereocenters. The summed E-state index contributed by atoms with van der Waals surface area (Å²) in [6.07, 6.45) is -2.95. The maximum atomic E-state index is 12.5. The average molecular weight is 315 g/mol. The lowest BCUT2D eigenvalue weighted by Gasteiger charge is -2.34. The standard InChI is InChI=1S/C13H21F3N2O.ClH/c1-8(9-6-17-7-9)12(19)18-11-4-2-10(3-5-11)13(14,15)16;/h8-11,17H,2-7H2,1H3,(H,18,19);1H. The molecule has 1 amide bonds. The summed E-state index contributed by atoms with van der Waals surface area (Å²) in [5.74, 6) is -0.885. The van der Waals surface area contributed by atoms with Gasteiger partial charge in [0.2, 0.25) is 5.91 Å². The fourth-order valence-electron chi connectivity index (χ4n) is 2.78. The van der Waals surface area contributed by atoms with E-state index in [1.165, 1.54) is 0 Å². The second kappa shape index (κ2) is 6.98. The van der Waals surface area contributed by atoms with Gasteiger partial charge in [-0.15, -0.1) is 12.4 Å². The summed E-state index contributed by atoms with van der Waals surface area (Å²) in [6, 6.07) is -0.0819. The predicted octanol–water partition coefficient (Wildman–Crippen LogP) is 2.50. The first-order valence-electron chi connectivity index (χ1n) is 6.95. The van der Waals surface area contributed by atoms with E-state index in [1.54, 1.807) is 0 Å². The minimum Gasteiger partial charge on any atom is -0.353 e. The van der Waals surface area contributed by atoms with Crippen LogP contribution in [-0.2, 0) is 4.79 Å². The van der Waals surface area contributed by atoms with Gasteiger partial charge in [-0.05, 0) is 44.7 Å². The fourth-order valence-corrected chi connectivity index (χ4v) is 2.78. The topological polar surface area (TPSA) is 41.1 Å². The van der Waals surface area contributed by atoms with Crippen molar-refractivity contribution in [3.63, 3.8) is 0 Å². The van der Waals surface area contributed by atoms with Gasteiger partial charge in [-0.2, -0.15) is 13.2 Å². The van der Waals surface area contributed by atoms with Crippen molar-refractivity contribution in [3.05, 3.63) is 0 Å². The van der Waals surface area contributed by atoms with Crippen LogP contribution in [0.25, 0.3) is 0 Å². The molecule has 1 aliphatic carbocycles. The van der Waals surface area contributed by atoms with Gasteiger partial charge < -0.3 is 10.6 Å². The number of alkyl halides is 3. The third-order valence-corrected chi connectivity index (χ3v) is 4.47. The number of hydrogen-bond donors (Lipinski definition) is 2. The molecule has 1 saturated carbocycles. The summed E-state index contributed by atoms with van der Waals surface area (Å²) >= 11 is 0. The smallest absolute Gasteiger partial charge is 0.353 e. The van der Waals surface area contributed by atoms with Crippen LogP contribution >= 0.6 is 12.4 Å². The molecule has 20 heavy (non-hydrogen) atoms. The number of nitrogens with one attached hydrogen (secondary N) is 2. The van der Waals surface area contributed by atoms with E-state index >= 15 is 0 Å². The van der Waals surface area contributed by atoms with E-state index < -0.39 is 12.1 Å². The zero-order chi connectivity index (χ0) is 14.0. The summed E-state index contributed by atoms with van der Waals surface area (Å²) in [6.45, 7) is 3.60. The molecule has 7 heteroatoms. The Kier molecular flexibility index (Phi) is 6.13. The predicted molar refractivity (Wildman–Crippen MR) is 72.7 cm³/mol. The maximum absolute atomic E-state index is 12.5. The molecule has 2 N–H and O–H groups in total. The van der Waals surface area contributed by atoms with E-state index in [1.807, 2.05) is 6.92 Å². The summed E-state index contributed by atoms with van der Waals surface area (Å²) in [7, 11) is 0. The van der Waals surface area contributed by atoms with Gasteiger partial charge in [0.15, 0.2) is 0 Å². The average Bonchev–Trinajstić information content (AvgIpc) is 2.26. The Bertz CT molecular complexity index is 326. The lowest BCUT2D eigenvalue weighted by atomic mass is 9.84. The number of carbonyl (C=O) groups excluding carboxylic acids is 1. The Labute approximate surface area is 123 Å². The van der Waals surface area contributed by atoms with Gasteiger partial charge in [0.05, 0.1) is 5.92 Å². The molecule has 2 rings (SSSR count). The highest BCUT2D eigenvalue weighted by molar-refractivity contribution is 5.85. The van der Waals surface area contributed by atoms with Crippen molar-refractivity contribution >= 4 is 18.3 Å². The molecule has 0 radical (unpaired) electrons. The molecule has 3 nitrogen and oxygen atoms in total. The van der Waals surface area contributed by atoms with Crippen LogP contribution in [0.4, 0.5) is 13.2 Å². The van der Waals surface area contributed by atoms with Gasteiger partial charge in [-0.1, -0.05) is 6.92 Å². The van der Waals surface area contributed by atoms with Crippen molar-refractivity contribution in [2.75, 3.05) is 13.1 Å². The molecule has 0 aromatic rings. The molecule has 0 bridgehead atoms. The first kappa shape index (κ1) is 17.6. The largest absolute Gasteiger partial charge is 0.391 e. The first-order valence-corrected chi connectivity index (χ1v) is 6.95. The molecule has 2 aliphatic rings. The first-order chi connectivity index (χ1) is 8.88. The Morgan fingerprint density at radius 3 is 2.15 bits per heavy atom. The highest BCUT2D eigenvalue weighted by Crippen LogP contribution is 2.37. The lowest BCUT2D eigenvalue weighted by Crippen LogP contribution is -2.51. The van der Waals surface area contributed by atoms with Crippen LogP contribution < -0.4 is 10.6 Å². The molecule has 0 aromatic heterocycles. The van der Waals surface area contributed by atoms with Gasteiger partial charge in [0.1, 0.15) is 0 Å². The van der Waals surface area contributed by atoms with Crippen molar-refractivity contribution in [3.8, 4) is 0 Å². The van der Waals surface area contributed by atoms with Gasteiger partial charge in [0.25, 0.3) is 0 Å². The summed E-state index contributed by atoms with van der Waals surface area (Å²) in [5, 5.41) is 6.02. The van der Waals surface area contributed by atoms with Gasteiger partial charge in [0, 0.05) is 12.0 Å². The van der Waals surface area contributed by atoms with Gasteiger partial charge in [-0.3, -0.25) is 4.79 Å². The second-order valence-corrected chi connectivity index (χ2v) is 5.81. The molecule has 118 valence electrons.